The van der Waals surface area contributed by atoms with E-state index in [1.165, 1.54) is 5.70 Å². The van der Waals surface area contributed by atoms with Crippen LogP contribution in [0.3, 0.4) is 0 Å². The minimum atomic E-state index is -0.0880. The second kappa shape index (κ2) is 6.50. The third-order valence-electron chi connectivity index (χ3n) is 4.38. The molecule has 118 valence electrons. The summed E-state index contributed by atoms with van der Waals surface area (Å²) >= 11 is 0. The number of fused-ring (bicyclic) bond motifs is 1. The van der Waals surface area contributed by atoms with E-state index in [2.05, 4.69) is 52.6 Å². The lowest BCUT2D eigenvalue weighted by atomic mass is 9.95. The second-order valence-corrected chi connectivity index (χ2v) is 5.63. The molecule has 2 aliphatic carbocycles. The van der Waals surface area contributed by atoms with Gasteiger partial charge in [-0.05, 0) is 31.1 Å². The van der Waals surface area contributed by atoms with Gasteiger partial charge in [0.25, 0.3) is 0 Å². The fourth-order valence-electron chi connectivity index (χ4n) is 3.09. The van der Waals surface area contributed by atoms with E-state index in [1.807, 2.05) is 0 Å². The molecule has 0 aromatic heterocycles. The van der Waals surface area contributed by atoms with Gasteiger partial charge in [-0.2, -0.15) is 0 Å². The van der Waals surface area contributed by atoms with Crippen molar-refractivity contribution in [3.63, 3.8) is 0 Å². The van der Waals surface area contributed by atoms with E-state index in [1.54, 1.807) is 20.6 Å². The Morgan fingerprint density at radius 1 is 1.23 bits per heavy atom. The molecular formula is C17H23N3O2. The molecule has 1 aliphatic heterocycles. The molecule has 1 heterocycles. The van der Waals surface area contributed by atoms with Crippen molar-refractivity contribution in [2.75, 3.05) is 21.3 Å². The molecule has 3 rings (SSSR count). The maximum Gasteiger partial charge on any atom is 0.150 e. The molecule has 0 spiro atoms. The first-order chi connectivity index (χ1) is 10.7. The summed E-state index contributed by atoms with van der Waals surface area (Å²) in [7, 11) is 5.51. The van der Waals surface area contributed by atoms with Gasteiger partial charge in [0.2, 0.25) is 0 Å². The van der Waals surface area contributed by atoms with E-state index in [4.69, 9.17) is 9.47 Å². The maximum absolute atomic E-state index is 5.55. The Kier molecular flexibility index (Phi) is 4.45. The van der Waals surface area contributed by atoms with Crippen LogP contribution in [0.1, 0.15) is 12.8 Å². The van der Waals surface area contributed by atoms with E-state index in [0.717, 1.165) is 24.1 Å². The summed E-state index contributed by atoms with van der Waals surface area (Å²) in [5.41, 5.74) is 3.49. The molecule has 5 heteroatoms. The van der Waals surface area contributed by atoms with Crippen molar-refractivity contribution in [1.82, 2.24) is 10.2 Å². The van der Waals surface area contributed by atoms with Crippen molar-refractivity contribution in [1.29, 1.82) is 0 Å². The van der Waals surface area contributed by atoms with Crippen LogP contribution >= 0.6 is 0 Å². The highest BCUT2D eigenvalue weighted by atomic mass is 16.5. The number of allylic oxidation sites excluding steroid dienone is 4. The van der Waals surface area contributed by atoms with Crippen LogP contribution in [0.25, 0.3) is 0 Å². The van der Waals surface area contributed by atoms with Gasteiger partial charge < -0.3 is 19.7 Å². The van der Waals surface area contributed by atoms with Gasteiger partial charge in [0.15, 0.2) is 0 Å². The van der Waals surface area contributed by atoms with Gasteiger partial charge in [-0.15, -0.1) is 0 Å². The molecule has 3 aliphatic rings. The zero-order chi connectivity index (χ0) is 15.5. The van der Waals surface area contributed by atoms with Gasteiger partial charge in [0, 0.05) is 38.2 Å². The molecule has 3 atom stereocenters. The lowest BCUT2D eigenvalue weighted by Gasteiger charge is -2.37. The zero-order valence-corrected chi connectivity index (χ0v) is 13.3. The fourth-order valence-corrected chi connectivity index (χ4v) is 3.09. The van der Waals surface area contributed by atoms with Crippen molar-refractivity contribution in [3.05, 3.63) is 47.3 Å². The van der Waals surface area contributed by atoms with Gasteiger partial charge in [-0.3, -0.25) is 0 Å². The number of nitrogens with zero attached hydrogens (tertiary/aromatic N) is 2. The van der Waals surface area contributed by atoms with Crippen LogP contribution in [0, 0.1) is 0 Å². The number of aliphatic imine (C=N–C) groups is 1. The minimum absolute atomic E-state index is 0.0271. The molecular weight excluding hydrogens is 278 g/mol. The lowest BCUT2D eigenvalue weighted by molar-refractivity contribution is 0.0120. The first kappa shape index (κ1) is 15.1. The van der Waals surface area contributed by atoms with Crippen molar-refractivity contribution in [2.45, 2.75) is 31.2 Å². The average Bonchev–Trinajstić information content (AvgIpc) is 2.60. The average molecular weight is 301 g/mol. The van der Waals surface area contributed by atoms with Crippen LogP contribution in [0.2, 0.25) is 0 Å². The number of rotatable bonds is 4. The second-order valence-electron chi connectivity index (χ2n) is 5.63. The maximum atomic E-state index is 5.55. The van der Waals surface area contributed by atoms with Crippen LogP contribution < -0.4 is 5.32 Å². The molecule has 3 unspecified atom stereocenters. The molecule has 0 saturated carbocycles. The Hall–Kier alpha value is -1.85. The third-order valence-corrected chi connectivity index (χ3v) is 4.38. The number of hydrogen-bond acceptors (Lipinski definition) is 5. The van der Waals surface area contributed by atoms with Gasteiger partial charge >= 0.3 is 0 Å². The van der Waals surface area contributed by atoms with Gasteiger partial charge in [-0.25, -0.2) is 4.99 Å². The molecule has 0 fully saturated rings. The van der Waals surface area contributed by atoms with E-state index in [9.17, 15) is 0 Å². The molecule has 0 aromatic rings. The van der Waals surface area contributed by atoms with Crippen LogP contribution in [-0.2, 0) is 9.47 Å². The quantitative estimate of drug-likeness (QED) is 0.862. The van der Waals surface area contributed by atoms with Crippen LogP contribution in [-0.4, -0.2) is 50.9 Å². The SMILES string of the molecule is COC1C=C2NC=NC(N(C)C3=CC=CCC3)C2=CC1OC. The molecule has 0 radical (unpaired) electrons. The molecule has 22 heavy (non-hydrogen) atoms. The summed E-state index contributed by atoms with van der Waals surface area (Å²) in [6.07, 6.45) is 14.4. The summed E-state index contributed by atoms with van der Waals surface area (Å²) in [6.45, 7) is 0. The molecule has 0 bridgehead atoms. The predicted octanol–water partition coefficient (Wildman–Crippen LogP) is 1.96. The monoisotopic (exact) mass is 301 g/mol. The van der Waals surface area contributed by atoms with Gasteiger partial charge in [-0.1, -0.05) is 12.2 Å². The van der Waals surface area contributed by atoms with Crippen molar-refractivity contribution < 1.29 is 9.47 Å². The normalized spacial score (nSPS) is 30.0. The topological polar surface area (TPSA) is 46.1 Å². The Labute approximate surface area is 131 Å². The molecule has 5 nitrogen and oxygen atoms in total. The first-order valence-electron chi connectivity index (χ1n) is 7.61. The largest absolute Gasteiger partial charge is 0.374 e. The summed E-state index contributed by atoms with van der Waals surface area (Å²) in [5, 5.41) is 3.22. The summed E-state index contributed by atoms with van der Waals surface area (Å²) in [5.74, 6) is 0. The third kappa shape index (κ3) is 2.74. The van der Waals surface area contributed by atoms with Crippen LogP contribution in [0.15, 0.2) is 52.3 Å². The Morgan fingerprint density at radius 2 is 2.00 bits per heavy atom. The number of likely N-dealkylation sites (N-methyl/N-ethyl adjacent to an activating group) is 1. The summed E-state index contributed by atoms with van der Waals surface area (Å²) in [6, 6.07) is 0. The van der Waals surface area contributed by atoms with E-state index < -0.39 is 0 Å². The van der Waals surface area contributed by atoms with Gasteiger partial charge in [0.05, 0.1) is 6.34 Å². The fraction of sp³-hybridized carbons (Fsp3) is 0.471. The van der Waals surface area contributed by atoms with E-state index in [-0.39, 0.29) is 18.4 Å². The summed E-state index contributed by atoms with van der Waals surface area (Å²) < 4.78 is 11.0. The van der Waals surface area contributed by atoms with Crippen LogP contribution in [0.5, 0.6) is 0 Å². The zero-order valence-electron chi connectivity index (χ0n) is 13.3. The Balaban J connectivity index is 1.89. The Bertz CT molecular complexity index is 574. The molecule has 0 saturated heterocycles. The highest BCUT2D eigenvalue weighted by Gasteiger charge is 2.32. The Morgan fingerprint density at radius 3 is 2.68 bits per heavy atom. The van der Waals surface area contributed by atoms with Crippen LogP contribution in [0.4, 0.5) is 0 Å². The minimum Gasteiger partial charge on any atom is -0.374 e. The first-order valence-corrected chi connectivity index (χ1v) is 7.61. The number of hydrogen-bond donors (Lipinski definition) is 1. The van der Waals surface area contributed by atoms with E-state index >= 15 is 0 Å². The van der Waals surface area contributed by atoms with Gasteiger partial charge in [0.1, 0.15) is 18.4 Å². The van der Waals surface area contributed by atoms with E-state index in [0.29, 0.717) is 0 Å². The lowest BCUT2D eigenvalue weighted by Crippen LogP contribution is -2.42. The smallest absolute Gasteiger partial charge is 0.150 e. The highest BCUT2D eigenvalue weighted by Crippen LogP contribution is 2.30. The molecule has 0 aromatic carbocycles. The summed E-state index contributed by atoms with van der Waals surface area (Å²) in [4.78, 5) is 6.86. The molecule has 0 amide bonds. The highest BCUT2D eigenvalue weighted by molar-refractivity contribution is 5.65. The number of methoxy groups -OCH3 is 2. The van der Waals surface area contributed by atoms with Crippen molar-refractivity contribution >= 4 is 6.34 Å². The number of nitrogens with one attached hydrogen (secondary N) is 1. The van der Waals surface area contributed by atoms with Crippen molar-refractivity contribution in [3.8, 4) is 0 Å². The molecule has 1 N–H and O–H groups in total. The number of ether oxygens (including phenoxy) is 2. The van der Waals surface area contributed by atoms with Crippen molar-refractivity contribution in [2.24, 2.45) is 4.99 Å². The standard InChI is InChI=1S/C17H23N3O2/c1-20(12-7-5-4-6-8-12)17-13-9-15(21-2)16(22-3)10-14(13)18-11-19-17/h4-5,7,9-11,15-17H,6,8H2,1-3H3,(H,18,19). The predicted molar refractivity (Wildman–Crippen MR) is 87.4 cm³/mol.